The molecule has 140 valence electrons. The first kappa shape index (κ1) is 16.3. The summed E-state index contributed by atoms with van der Waals surface area (Å²) in [5.74, 6) is 2.28. The minimum absolute atomic E-state index is 0.0962. The van der Waals surface area contributed by atoms with Crippen LogP contribution in [0.5, 0.6) is 23.0 Å². The Kier molecular flexibility index (Phi) is 3.85. The molecule has 0 atom stereocenters. The Morgan fingerprint density at radius 1 is 0.889 bits per heavy atom. The van der Waals surface area contributed by atoms with E-state index in [-0.39, 0.29) is 12.3 Å². The van der Waals surface area contributed by atoms with E-state index in [1.165, 1.54) is 0 Å². The van der Waals surface area contributed by atoms with Crippen molar-refractivity contribution in [3.05, 3.63) is 42.0 Å². The summed E-state index contributed by atoms with van der Waals surface area (Å²) in [7, 11) is 0. The highest BCUT2D eigenvalue weighted by molar-refractivity contribution is 5.92. The number of carbonyl (C=O) groups excluding carboxylic acids is 1. The van der Waals surface area contributed by atoms with Gasteiger partial charge in [-0.1, -0.05) is 6.07 Å². The minimum Gasteiger partial charge on any atom is -0.486 e. The molecule has 1 amide bonds. The van der Waals surface area contributed by atoms with E-state index >= 15 is 0 Å². The fraction of sp³-hybridized carbons (Fsp3) is 0.381. The fourth-order valence-electron chi connectivity index (χ4n) is 3.88. The molecule has 1 N–H and O–H groups in total. The monoisotopic (exact) mass is 367 g/mol. The van der Waals surface area contributed by atoms with Gasteiger partial charge in [0.05, 0.1) is 6.42 Å². The van der Waals surface area contributed by atoms with E-state index in [2.05, 4.69) is 5.32 Å². The van der Waals surface area contributed by atoms with Gasteiger partial charge in [-0.05, 0) is 42.7 Å². The molecule has 2 aromatic rings. The molecule has 6 nitrogen and oxygen atoms in total. The van der Waals surface area contributed by atoms with Crippen molar-refractivity contribution in [1.82, 2.24) is 0 Å². The Hall–Kier alpha value is -2.89. The molecular formula is C21H21NO5. The molecule has 6 heteroatoms. The second kappa shape index (κ2) is 6.37. The van der Waals surface area contributed by atoms with Gasteiger partial charge >= 0.3 is 0 Å². The minimum atomic E-state index is -0.490. The Balaban J connectivity index is 1.26. The first-order valence-electron chi connectivity index (χ1n) is 9.40. The predicted molar refractivity (Wildman–Crippen MR) is 98.7 cm³/mol. The van der Waals surface area contributed by atoms with Gasteiger partial charge < -0.3 is 24.3 Å². The largest absolute Gasteiger partial charge is 0.486 e. The molecule has 1 spiro atoms. The number of rotatable bonds is 3. The SMILES string of the molecule is O=C(Cc1ccc2c(c1)OCCO2)Nc1ccc2c(c1)OC1(CCCC1)O2. The van der Waals surface area contributed by atoms with Gasteiger partial charge in [-0.2, -0.15) is 0 Å². The van der Waals surface area contributed by atoms with Crippen molar-refractivity contribution in [3.8, 4) is 23.0 Å². The maximum Gasteiger partial charge on any atom is 0.251 e. The molecule has 2 heterocycles. The lowest BCUT2D eigenvalue weighted by Crippen LogP contribution is -2.34. The number of fused-ring (bicyclic) bond motifs is 2. The van der Waals surface area contributed by atoms with Crippen LogP contribution in [0.1, 0.15) is 31.2 Å². The van der Waals surface area contributed by atoms with Crippen molar-refractivity contribution in [3.63, 3.8) is 0 Å². The summed E-state index contributed by atoms with van der Waals surface area (Å²) in [4.78, 5) is 12.4. The number of nitrogens with one attached hydrogen (secondary N) is 1. The average molecular weight is 367 g/mol. The number of hydrogen-bond acceptors (Lipinski definition) is 5. The van der Waals surface area contributed by atoms with E-state index in [1.807, 2.05) is 36.4 Å². The normalized spacial score (nSPS) is 18.5. The van der Waals surface area contributed by atoms with Gasteiger partial charge in [-0.15, -0.1) is 0 Å². The number of benzene rings is 2. The summed E-state index contributed by atoms with van der Waals surface area (Å²) in [6.07, 6.45) is 4.32. The number of ether oxygens (including phenoxy) is 4. The van der Waals surface area contributed by atoms with Gasteiger partial charge in [0.2, 0.25) is 5.91 Å². The zero-order valence-corrected chi connectivity index (χ0v) is 15.0. The molecule has 2 aromatic carbocycles. The van der Waals surface area contributed by atoms with Crippen LogP contribution < -0.4 is 24.3 Å². The van der Waals surface area contributed by atoms with E-state index in [4.69, 9.17) is 18.9 Å². The highest BCUT2D eigenvalue weighted by atomic mass is 16.7. The Labute approximate surface area is 157 Å². The van der Waals surface area contributed by atoms with Gasteiger partial charge in [0, 0.05) is 24.6 Å². The summed E-state index contributed by atoms with van der Waals surface area (Å²) in [5, 5.41) is 2.93. The van der Waals surface area contributed by atoms with E-state index in [1.54, 1.807) is 0 Å². The van der Waals surface area contributed by atoms with E-state index < -0.39 is 5.79 Å². The lowest BCUT2D eigenvalue weighted by atomic mass is 10.1. The lowest BCUT2D eigenvalue weighted by molar-refractivity contribution is -0.115. The van der Waals surface area contributed by atoms with E-state index in [0.717, 1.165) is 42.7 Å². The third-order valence-electron chi connectivity index (χ3n) is 5.16. The van der Waals surface area contributed by atoms with Gasteiger partial charge in [0.15, 0.2) is 23.0 Å². The Morgan fingerprint density at radius 3 is 2.48 bits per heavy atom. The third kappa shape index (κ3) is 3.16. The van der Waals surface area contributed by atoms with Crippen LogP contribution in [-0.2, 0) is 11.2 Å². The van der Waals surface area contributed by atoms with E-state index in [9.17, 15) is 4.79 Å². The van der Waals surface area contributed by atoms with Crippen molar-refractivity contribution < 1.29 is 23.7 Å². The number of hydrogen-bond donors (Lipinski definition) is 1. The van der Waals surface area contributed by atoms with Crippen LogP contribution in [0, 0.1) is 0 Å². The summed E-state index contributed by atoms with van der Waals surface area (Å²) < 4.78 is 23.1. The molecule has 0 radical (unpaired) electrons. The second-order valence-corrected chi connectivity index (χ2v) is 7.19. The molecule has 27 heavy (non-hydrogen) atoms. The predicted octanol–water partition coefficient (Wildman–Crippen LogP) is 3.68. The lowest BCUT2D eigenvalue weighted by Gasteiger charge is -2.21. The number of amides is 1. The zero-order chi connectivity index (χ0) is 18.3. The van der Waals surface area contributed by atoms with Gasteiger partial charge in [-0.25, -0.2) is 0 Å². The first-order valence-corrected chi connectivity index (χ1v) is 9.40. The zero-order valence-electron chi connectivity index (χ0n) is 15.0. The second-order valence-electron chi connectivity index (χ2n) is 7.19. The summed E-state index contributed by atoms with van der Waals surface area (Å²) in [6.45, 7) is 1.08. The third-order valence-corrected chi connectivity index (χ3v) is 5.16. The molecule has 0 unspecified atom stereocenters. The van der Waals surface area contributed by atoms with Crippen LogP contribution in [0.4, 0.5) is 5.69 Å². The summed E-state index contributed by atoms with van der Waals surface area (Å²) in [6, 6.07) is 11.1. The van der Waals surface area contributed by atoms with Gasteiger partial charge in [-0.3, -0.25) is 4.79 Å². The number of carbonyl (C=O) groups is 1. The highest BCUT2D eigenvalue weighted by Gasteiger charge is 2.44. The maximum absolute atomic E-state index is 12.4. The summed E-state index contributed by atoms with van der Waals surface area (Å²) in [5.41, 5.74) is 1.58. The van der Waals surface area contributed by atoms with Crippen LogP contribution in [-0.4, -0.2) is 24.9 Å². The molecule has 5 rings (SSSR count). The van der Waals surface area contributed by atoms with Crippen molar-refractivity contribution >= 4 is 11.6 Å². The summed E-state index contributed by atoms with van der Waals surface area (Å²) >= 11 is 0. The highest BCUT2D eigenvalue weighted by Crippen LogP contribution is 2.47. The number of anilines is 1. The van der Waals surface area contributed by atoms with Crippen LogP contribution >= 0.6 is 0 Å². The maximum atomic E-state index is 12.4. The van der Waals surface area contributed by atoms with Crippen LogP contribution in [0.3, 0.4) is 0 Å². The molecule has 3 aliphatic rings. The average Bonchev–Trinajstić information content (AvgIpc) is 3.27. The standard InChI is InChI=1S/C21H21NO5/c23-20(12-14-3-5-16-18(11-14)25-10-9-24-16)22-15-4-6-17-19(13-15)27-21(26-17)7-1-2-8-21/h3-6,11,13H,1-2,7-10,12H2,(H,22,23). The molecule has 1 fully saturated rings. The molecule has 0 aromatic heterocycles. The van der Waals surface area contributed by atoms with Crippen molar-refractivity contribution in [2.45, 2.75) is 37.9 Å². The topological polar surface area (TPSA) is 66.0 Å². The fourth-order valence-corrected chi connectivity index (χ4v) is 3.88. The molecule has 2 aliphatic heterocycles. The molecule has 1 saturated carbocycles. The molecule has 0 bridgehead atoms. The Bertz CT molecular complexity index is 888. The van der Waals surface area contributed by atoms with Gasteiger partial charge in [0.1, 0.15) is 13.2 Å². The van der Waals surface area contributed by atoms with Crippen molar-refractivity contribution in [1.29, 1.82) is 0 Å². The molecule has 1 aliphatic carbocycles. The Morgan fingerprint density at radius 2 is 1.63 bits per heavy atom. The molecular weight excluding hydrogens is 346 g/mol. The van der Waals surface area contributed by atoms with Gasteiger partial charge in [0.25, 0.3) is 5.79 Å². The van der Waals surface area contributed by atoms with Crippen LogP contribution in [0.15, 0.2) is 36.4 Å². The van der Waals surface area contributed by atoms with Crippen molar-refractivity contribution in [2.75, 3.05) is 18.5 Å². The smallest absolute Gasteiger partial charge is 0.251 e. The first-order chi connectivity index (χ1) is 13.2. The van der Waals surface area contributed by atoms with Crippen molar-refractivity contribution in [2.24, 2.45) is 0 Å². The van der Waals surface area contributed by atoms with Crippen LogP contribution in [0.2, 0.25) is 0 Å². The quantitative estimate of drug-likeness (QED) is 0.896. The van der Waals surface area contributed by atoms with E-state index in [0.29, 0.717) is 30.4 Å². The molecule has 0 saturated heterocycles. The van der Waals surface area contributed by atoms with Crippen LogP contribution in [0.25, 0.3) is 0 Å².